The number of thiazole rings is 1. The molecule has 2 aromatic carbocycles. The molecule has 13 heteroatoms. The van der Waals surface area contributed by atoms with Crippen LogP contribution in [0.2, 0.25) is 0 Å². The lowest BCUT2D eigenvalue weighted by Crippen LogP contribution is -2.36. The van der Waals surface area contributed by atoms with Gasteiger partial charge in [0.15, 0.2) is 5.13 Å². The number of methoxy groups -OCH3 is 1. The molecule has 2 amide bonds. The number of pyridine rings is 1. The summed E-state index contributed by atoms with van der Waals surface area (Å²) in [6.45, 7) is 7.29. The number of aromatic nitrogens is 2. The fourth-order valence-electron chi connectivity index (χ4n) is 3.83. The van der Waals surface area contributed by atoms with Crippen molar-refractivity contribution in [3.63, 3.8) is 0 Å². The Morgan fingerprint density at radius 2 is 1.82 bits per heavy atom. The van der Waals surface area contributed by atoms with Crippen molar-refractivity contribution in [1.82, 2.24) is 20.2 Å². The number of ether oxygens (including phenoxy) is 1. The summed E-state index contributed by atoms with van der Waals surface area (Å²) < 4.78 is 47.5. The molecule has 0 aliphatic carbocycles. The number of halogens is 1. The van der Waals surface area contributed by atoms with E-state index in [-0.39, 0.29) is 22.5 Å². The van der Waals surface area contributed by atoms with Gasteiger partial charge in [-0.3, -0.25) is 10.0 Å². The smallest absolute Gasteiger partial charge is 0.321 e. The Labute approximate surface area is 230 Å². The second-order valence-electron chi connectivity index (χ2n) is 8.45. The summed E-state index contributed by atoms with van der Waals surface area (Å²) in [4.78, 5) is 23.1. The van der Waals surface area contributed by atoms with E-state index in [1.807, 2.05) is 18.2 Å². The quantitative estimate of drug-likeness (QED) is 0.236. The minimum atomic E-state index is -4.01. The van der Waals surface area contributed by atoms with Gasteiger partial charge in [0.2, 0.25) is 5.88 Å². The van der Waals surface area contributed by atoms with Crippen LogP contribution in [-0.2, 0) is 10.0 Å². The number of fused-ring (bicyclic) bond motifs is 1. The van der Waals surface area contributed by atoms with E-state index in [4.69, 9.17) is 4.74 Å². The first-order chi connectivity index (χ1) is 18.7. The lowest BCUT2D eigenvalue weighted by atomic mass is 10.1. The van der Waals surface area contributed by atoms with Gasteiger partial charge in [-0.1, -0.05) is 31.3 Å². The van der Waals surface area contributed by atoms with Gasteiger partial charge < -0.3 is 15.0 Å². The minimum Gasteiger partial charge on any atom is -0.480 e. The number of hydrogen-bond donors (Lipinski definition) is 3. The van der Waals surface area contributed by atoms with Gasteiger partial charge >= 0.3 is 6.03 Å². The molecule has 0 spiro atoms. The average molecular weight is 573 g/mol. The third kappa shape index (κ3) is 6.99. The second-order valence-corrected chi connectivity index (χ2v) is 11.2. The number of hydrogen-bond acceptors (Lipinski definition) is 8. The highest BCUT2D eigenvalue weighted by atomic mass is 32.2. The minimum absolute atomic E-state index is 0.0850. The molecule has 0 aliphatic rings. The van der Waals surface area contributed by atoms with Gasteiger partial charge in [-0.25, -0.2) is 27.6 Å². The number of nitrogens with one attached hydrogen (secondary N) is 3. The molecule has 4 rings (SSSR count). The summed E-state index contributed by atoms with van der Waals surface area (Å²) in [5.41, 5.74) is 2.23. The molecule has 0 radical (unpaired) electrons. The molecule has 4 aromatic rings. The lowest BCUT2D eigenvalue weighted by Gasteiger charge is -2.17. The Kier molecular flexibility index (Phi) is 8.94. The van der Waals surface area contributed by atoms with Crippen LogP contribution in [0.4, 0.5) is 20.0 Å². The van der Waals surface area contributed by atoms with Crippen molar-refractivity contribution in [2.75, 3.05) is 43.3 Å². The number of benzene rings is 2. The van der Waals surface area contributed by atoms with Crippen LogP contribution >= 0.6 is 11.3 Å². The van der Waals surface area contributed by atoms with Gasteiger partial charge in [0, 0.05) is 24.8 Å². The second kappa shape index (κ2) is 12.4. The fourth-order valence-corrected chi connectivity index (χ4v) is 5.78. The zero-order chi connectivity index (χ0) is 28.0. The first-order valence-corrected chi connectivity index (χ1v) is 14.5. The third-order valence-corrected chi connectivity index (χ3v) is 8.28. The first kappa shape index (κ1) is 28.2. The zero-order valence-electron chi connectivity index (χ0n) is 21.7. The number of amides is 2. The third-order valence-electron chi connectivity index (χ3n) is 5.96. The largest absolute Gasteiger partial charge is 0.480 e. The summed E-state index contributed by atoms with van der Waals surface area (Å²) >= 11 is 1.32. The maximum Gasteiger partial charge on any atom is 0.321 e. The molecule has 0 aliphatic heterocycles. The van der Waals surface area contributed by atoms with E-state index in [1.54, 1.807) is 12.3 Å². The standard InChI is InChI=1S/C26H29FN6O4S2/c1-4-33(5-2)13-12-28-25(34)31-26-30-21-11-6-17(15-23(21)38-26)18-14-22(24(37-3)29-16-18)32-39(35,36)20-9-7-19(27)8-10-20/h6-11,14-16,32H,4-5,12-13H2,1-3H3,(H2,28,30,31,34). The number of likely N-dealkylation sites (N-methyl/N-ethyl adjacent to an activating group) is 1. The van der Waals surface area contributed by atoms with Gasteiger partial charge in [-0.2, -0.15) is 0 Å². The Morgan fingerprint density at radius 3 is 2.51 bits per heavy atom. The van der Waals surface area contributed by atoms with Crippen LogP contribution in [0.5, 0.6) is 5.88 Å². The predicted octanol–water partition coefficient (Wildman–Crippen LogP) is 4.77. The van der Waals surface area contributed by atoms with Gasteiger partial charge in [0.25, 0.3) is 10.0 Å². The van der Waals surface area contributed by atoms with Crippen molar-refractivity contribution in [3.05, 3.63) is 60.5 Å². The summed E-state index contributed by atoms with van der Waals surface area (Å²) in [6.07, 6.45) is 1.57. The van der Waals surface area contributed by atoms with Gasteiger partial charge in [0.05, 0.1) is 22.2 Å². The first-order valence-electron chi connectivity index (χ1n) is 12.2. The summed E-state index contributed by atoms with van der Waals surface area (Å²) in [6, 6.07) is 11.3. The molecule has 0 bridgehead atoms. The molecule has 0 fully saturated rings. The predicted molar refractivity (Wildman–Crippen MR) is 151 cm³/mol. The van der Waals surface area contributed by atoms with Crippen molar-refractivity contribution in [3.8, 4) is 17.0 Å². The van der Waals surface area contributed by atoms with E-state index >= 15 is 0 Å². The number of carbonyl (C=O) groups is 1. The fraction of sp³-hybridized carbons (Fsp3) is 0.269. The topological polar surface area (TPSA) is 126 Å². The van der Waals surface area contributed by atoms with Gasteiger partial charge in [0.1, 0.15) is 11.5 Å². The number of rotatable bonds is 11. The van der Waals surface area contributed by atoms with Crippen LogP contribution in [0.1, 0.15) is 13.8 Å². The van der Waals surface area contributed by atoms with Crippen LogP contribution in [-0.4, -0.2) is 62.6 Å². The number of sulfonamides is 1. The normalized spacial score (nSPS) is 11.5. The number of carbonyl (C=O) groups excluding carboxylic acids is 1. The molecule has 0 unspecified atom stereocenters. The van der Waals surface area contributed by atoms with E-state index in [1.165, 1.54) is 30.6 Å². The van der Waals surface area contributed by atoms with Crippen LogP contribution in [0.25, 0.3) is 21.3 Å². The maximum atomic E-state index is 13.3. The number of nitrogens with zero attached hydrogens (tertiary/aromatic N) is 3. The van der Waals surface area contributed by atoms with Crippen molar-refractivity contribution in [2.24, 2.45) is 0 Å². The number of anilines is 2. The lowest BCUT2D eigenvalue weighted by molar-refractivity contribution is 0.248. The average Bonchev–Trinajstić information content (AvgIpc) is 3.32. The molecule has 0 atom stereocenters. The van der Waals surface area contributed by atoms with E-state index in [9.17, 15) is 17.6 Å². The molecule has 3 N–H and O–H groups in total. The zero-order valence-corrected chi connectivity index (χ0v) is 23.3. The Balaban J connectivity index is 1.51. The van der Waals surface area contributed by atoms with Gasteiger partial charge in [-0.05, 0) is 61.1 Å². The van der Waals surface area contributed by atoms with Crippen molar-refractivity contribution >= 4 is 48.4 Å². The highest BCUT2D eigenvalue weighted by Crippen LogP contribution is 2.34. The Bertz CT molecular complexity index is 1560. The van der Waals surface area contributed by atoms with Gasteiger partial charge in [-0.15, -0.1) is 0 Å². The molecule has 10 nitrogen and oxygen atoms in total. The molecule has 2 aromatic heterocycles. The molecule has 39 heavy (non-hydrogen) atoms. The summed E-state index contributed by atoms with van der Waals surface area (Å²) in [5, 5.41) is 6.08. The maximum absolute atomic E-state index is 13.3. The monoisotopic (exact) mass is 572 g/mol. The van der Waals surface area contributed by atoms with E-state index < -0.39 is 15.8 Å². The SMILES string of the molecule is CCN(CC)CCNC(=O)Nc1nc2ccc(-c3cnc(OC)c(NS(=O)(=O)c4ccc(F)cc4)c3)cc2s1. The molecule has 206 valence electrons. The van der Waals surface area contributed by atoms with Crippen molar-refractivity contribution < 1.29 is 22.3 Å². The number of urea groups is 1. The van der Waals surface area contributed by atoms with Crippen molar-refractivity contribution in [1.29, 1.82) is 0 Å². The molecule has 2 heterocycles. The van der Waals surface area contributed by atoms with Crippen molar-refractivity contribution in [2.45, 2.75) is 18.7 Å². The summed E-state index contributed by atoms with van der Waals surface area (Å²) in [5.74, 6) is -0.454. The highest BCUT2D eigenvalue weighted by Gasteiger charge is 2.19. The summed E-state index contributed by atoms with van der Waals surface area (Å²) in [7, 11) is -2.63. The van der Waals surface area contributed by atoms with E-state index in [0.29, 0.717) is 22.8 Å². The highest BCUT2D eigenvalue weighted by molar-refractivity contribution is 7.92. The molecular formula is C26H29FN6O4S2. The van der Waals surface area contributed by atoms with E-state index in [2.05, 4.69) is 44.1 Å². The van der Waals surface area contributed by atoms with E-state index in [0.717, 1.165) is 42.0 Å². The Morgan fingerprint density at radius 1 is 1.08 bits per heavy atom. The molecular weight excluding hydrogens is 543 g/mol. The van der Waals surface area contributed by atoms with Crippen LogP contribution < -0.4 is 20.1 Å². The molecule has 0 saturated carbocycles. The van der Waals surface area contributed by atoms with Crippen LogP contribution in [0, 0.1) is 5.82 Å². The molecule has 0 saturated heterocycles. The van der Waals surface area contributed by atoms with Crippen LogP contribution in [0.3, 0.4) is 0 Å². The van der Waals surface area contributed by atoms with Crippen LogP contribution in [0.15, 0.2) is 59.6 Å². The Hall–Kier alpha value is -3.81.